The number of aromatic nitrogens is 2. The third kappa shape index (κ3) is 1.01. The predicted molar refractivity (Wildman–Crippen MR) is 47.0 cm³/mol. The first-order chi connectivity index (χ1) is 5.83. The minimum absolute atomic E-state index is 0.486. The van der Waals surface area contributed by atoms with Gasteiger partial charge in [0.2, 0.25) is 0 Å². The second kappa shape index (κ2) is 2.83. The van der Waals surface area contributed by atoms with Crippen molar-refractivity contribution in [3.63, 3.8) is 0 Å². The van der Waals surface area contributed by atoms with Crippen molar-refractivity contribution in [2.75, 3.05) is 5.75 Å². The molecule has 0 bridgehead atoms. The lowest BCUT2D eigenvalue weighted by Gasteiger charge is -1.99. The van der Waals surface area contributed by atoms with Crippen molar-refractivity contribution in [2.45, 2.75) is 25.0 Å². The molecule has 1 aliphatic heterocycles. The highest BCUT2D eigenvalue weighted by molar-refractivity contribution is 7.99. The van der Waals surface area contributed by atoms with Crippen LogP contribution in [-0.2, 0) is 13.0 Å². The highest BCUT2D eigenvalue weighted by atomic mass is 32.2. The van der Waals surface area contributed by atoms with Gasteiger partial charge in [0.25, 0.3) is 0 Å². The van der Waals surface area contributed by atoms with E-state index in [0.717, 1.165) is 28.8 Å². The number of nitriles is 1. The first-order valence-corrected chi connectivity index (χ1v) is 4.87. The minimum atomic E-state index is 0.486. The molecule has 0 unspecified atom stereocenters. The number of imidazole rings is 1. The monoisotopic (exact) mass is 179 g/mol. The van der Waals surface area contributed by atoms with E-state index in [1.165, 1.54) is 0 Å². The van der Waals surface area contributed by atoms with Gasteiger partial charge in [0, 0.05) is 12.3 Å². The van der Waals surface area contributed by atoms with Gasteiger partial charge in [0.1, 0.15) is 0 Å². The van der Waals surface area contributed by atoms with Crippen LogP contribution in [0.1, 0.15) is 11.4 Å². The van der Waals surface area contributed by atoms with Crippen LogP contribution >= 0.6 is 11.8 Å². The van der Waals surface area contributed by atoms with Gasteiger partial charge in [0.05, 0.1) is 23.9 Å². The zero-order valence-electron chi connectivity index (χ0n) is 6.87. The normalized spacial score (nSPS) is 14.3. The largest absolute Gasteiger partial charge is 0.321 e. The highest BCUT2D eigenvalue weighted by Crippen LogP contribution is 2.27. The molecule has 0 saturated heterocycles. The third-order valence-corrected chi connectivity index (χ3v) is 2.99. The number of aryl methyl sites for hydroxylation is 1. The van der Waals surface area contributed by atoms with Gasteiger partial charge < -0.3 is 4.57 Å². The van der Waals surface area contributed by atoms with E-state index >= 15 is 0 Å². The molecule has 3 nitrogen and oxygen atoms in total. The van der Waals surface area contributed by atoms with Crippen LogP contribution < -0.4 is 0 Å². The molecule has 1 aromatic rings. The van der Waals surface area contributed by atoms with Crippen LogP contribution in [0.3, 0.4) is 0 Å². The lowest BCUT2D eigenvalue weighted by atomic mass is 10.3. The Balaban J connectivity index is 2.46. The molecule has 0 radical (unpaired) electrons. The maximum absolute atomic E-state index is 8.60. The molecule has 2 heterocycles. The van der Waals surface area contributed by atoms with E-state index in [2.05, 4.69) is 15.6 Å². The summed E-state index contributed by atoms with van der Waals surface area (Å²) in [7, 11) is 0. The molecule has 0 aliphatic carbocycles. The predicted octanol–water partition coefficient (Wildman–Crippen LogP) is 1.36. The van der Waals surface area contributed by atoms with Gasteiger partial charge in [-0.1, -0.05) is 11.8 Å². The quantitative estimate of drug-likeness (QED) is 0.653. The molecule has 0 fully saturated rings. The fourth-order valence-electron chi connectivity index (χ4n) is 1.45. The molecule has 1 aromatic heterocycles. The summed E-state index contributed by atoms with van der Waals surface area (Å²) in [5.74, 6) is 1.10. The van der Waals surface area contributed by atoms with Crippen LogP contribution in [0.4, 0.5) is 0 Å². The van der Waals surface area contributed by atoms with Crippen LogP contribution in [0, 0.1) is 18.3 Å². The Morgan fingerprint density at radius 3 is 3.33 bits per heavy atom. The number of hydrogen-bond donors (Lipinski definition) is 0. The Morgan fingerprint density at radius 2 is 2.58 bits per heavy atom. The van der Waals surface area contributed by atoms with E-state index in [1.54, 1.807) is 11.8 Å². The average Bonchev–Trinajstić information content (AvgIpc) is 2.56. The second-order valence-electron chi connectivity index (χ2n) is 2.76. The topological polar surface area (TPSA) is 41.6 Å². The fraction of sp³-hybridized carbons (Fsp3) is 0.500. The summed E-state index contributed by atoms with van der Waals surface area (Å²) < 4.78 is 2.16. The van der Waals surface area contributed by atoms with Crippen molar-refractivity contribution >= 4 is 11.8 Å². The smallest absolute Gasteiger partial charge is 0.168 e. The Labute approximate surface area is 75.4 Å². The molecule has 0 amide bonds. The molecule has 62 valence electrons. The van der Waals surface area contributed by atoms with E-state index in [-0.39, 0.29) is 0 Å². The Bertz CT molecular complexity index is 348. The molecule has 0 aromatic carbocycles. The van der Waals surface area contributed by atoms with Crippen LogP contribution in [0.5, 0.6) is 0 Å². The van der Waals surface area contributed by atoms with Crippen molar-refractivity contribution in [1.82, 2.24) is 9.55 Å². The number of hydrogen-bond acceptors (Lipinski definition) is 3. The number of rotatable bonds is 1. The molecular weight excluding hydrogens is 170 g/mol. The summed E-state index contributed by atoms with van der Waals surface area (Å²) in [6.45, 7) is 2.98. The van der Waals surface area contributed by atoms with E-state index < -0.39 is 0 Å². The lowest BCUT2D eigenvalue weighted by Crippen LogP contribution is -2.00. The first kappa shape index (κ1) is 7.69. The van der Waals surface area contributed by atoms with Crippen molar-refractivity contribution in [3.05, 3.63) is 11.4 Å². The van der Waals surface area contributed by atoms with Gasteiger partial charge in [-0.05, 0) is 6.92 Å². The zero-order chi connectivity index (χ0) is 8.55. The van der Waals surface area contributed by atoms with Crippen LogP contribution in [-0.4, -0.2) is 15.3 Å². The maximum Gasteiger partial charge on any atom is 0.168 e. The van der Waals surface area contributed by atoms with Gasteiger partial charge in [-0.2, -0.15) is 5.26 Å². The fourth-order valence-corrected chi connectivity index (χ4v) is 2.46. The Morgan fingerprint density at radius 1 is 1.75 bits per heavy atom. The minimum Gasteiger partial charge on any atom is -0.321 e. The molecule has 0 atom stereocenters. The van der Waals surface area contributed by atoms with E-state index in [4.69, 9.17) is 5.26 Å². The molecule has 0 N–H and O–H groups in total. The first-order valence-electron chi connectivity index (χ1n) is 3.88. The molecular formula is C8H9N3S. The molecule has 0 spiro atoms. The summed E-state index contributed by atoms with van der Waals surface area (Å²) >= 11 is 1.77. The number of thioether (sulfide) groups is 1. The second-order valence-corrected chi connectivity index (χ2v) is 3.82. The Kier molecular flexibility index (Phi) is 1.81. The number of nitrogens with zero attached hydrogens (tertiary/aromatic N) is 3. The van der Waals surface area contributed by atoms with Gasteiger partial charge in [0.15, 0.2) is 5.16 Å². The lowest BCUT2D eigenvalue weighted by molar-refractivity contribution is 0.690. The van der Waals surface area contributed by atoms with Crippen molar-refractivity contribution in [1.29, 1.82) is 5.26 Å². The summed E-state index contributed by atoms with van der Waals surface area (Å²) in [4.78, 5) is 4.38. The van der Waals surface area contributed by atoms with Gasteiger partial charge in [-0.25, -0.2) is 4.98 Å². The van der Waals surface area contributed by atoms with Crippen molar-refractivity contribution < 1.29 is 0 Å². The molecule has 1 aliphatic rings. The summed E-state index contributed by atoms with van der Waals surface area (Å²) in [5.41, 5.74) is 2.11. The van der Waals surface area contributed by atoms with Crippen LogP contribution in [0.25, 0.3) is 0 Å². The SMILES string of the molecule is Cc1nc2n(c1CC#N)CCS2. The van der Waals surface area contributed by atoms with E-state index in [1.807, 2.05) is 6.92 Å². The molecule has 2 rings (SSSR count). The maximum atomic E-state index is 8.60. The summed E-state index contributed by atoms with van der Waals surface area (Å²) in [6, 6.07) is 2.17. The van der Waals surface area contributed by atoms with Crippen LogP contribution in [0.2, 0.25) is 0 Å². The third-order valence-electron chi connectivity index (χ3n) is 2.03. The van der Waals surface area contributed by atoms with Crippen LogP contribution in [0.15, 0.2) is 5.16 Å². The Hall–Kier alpha value is -0.950. The standard InChI is InChI=1S/C8H9N3S/c1-6-7(2-3-9)11-4-5-12-8(11)10-6/h2,4-5H2,1H3. The molecule has 4 heteroatoms. The van der Waals surface area contributed by atoms with E-state index in [0.29, 0.717) is 6.42 Å². The zero-order valence-corrected chi connectivity index (χ0v) is 7.69. The van der Waals surface area contributed by atoms with Crippen molar-refractivity contribution in [2.24, 2.45) is 0 Å². The van der Waals surface area contributed by atoms with Gasteiger partial charge in [-0.3, -0.25) is 0 Å². The molecule has 12 heavy (non-hydrogen) atoms. The average molecular weight is 179 g/mol. The van der Waals surface area contributed by atoms with Gasteiger partial charge in [-0.15, -0.1) is 0 Å². The number of fused-ring (bicyclic) bond motifs is 1. The molecule has 0 saturated carbocycles. The van der Waals surface area contributed by atoms with Gasteiger partial charge >= 0.3 is 0 Å². The highest BCUT2D eigenvalue weighted by Gasteiger charge is 2.18. The van der Waals surface area contributed by atoms with E-state index in [9.17, 15) is 0 Å². The summed E-state index contributed by atoms with van der Waals surface area (Å²) in [5, 5.41) is 9.68. The van der Waals surface area contributed by atoms with Crippen molar-refractivity contribution in [3.8, 4) is 6.07 Å². The summed E-state index contributed by atoms with van der Waals surface area (Å²) in [6.07, 6.45) is 0.486.